The van der Waals surface area contributed by atoms with E-state index in [1.165, 1.54) is 29.1 Å². The monoisotopic (exact) mass is 484 g/mol. The van der Waals surface area contributed by atoms with Gasteiger partial charge < -0.3 is 4.74 Å². The number of hydrogen-bond acceptors (Lipinski definition) is 5. The Morgan fingerprint density at radius 1 is 1.24 bits per heavy atom. The zero-order valence-corrected chi connectivity index (χ0v) is 16.5. The van der Waals surface area contributed by atoms with Gasteiger partial charge in [0.25, 0.3) is 0 Å². The minimum Gasteiger partial charge on any atom is -0.460 e. The predicted octanol–water partition coefficient (Wildman–Crippen LogP) is 5.05. The van der Waals surface area contributed by atoms with Crippen LogP contribution >= 0.6 is 27.5 Å². The van der Waals surface area contributed by atoms with Gasteiger partial charge in [-0.05, 0) is 34.1 Å². The van der Waals surface area contributed by atoms with Crippen LogP contribution in [0.2, 0.25) is 5.02 Å². The van der Waals surface area contributed by atoms with Crippen LogP contribution < -0.4 is 0 Å². The molecule has 0 saturated heterocycles. The summed E-state index contributed by atoms with van der Waals surface area (Å²) in [7, 11) is 0. The first-order valence-corrected chi connectivity index (χ1v) is 9.24. The highest BCUT2D eigenvalue weighted by atomic mass is 79.9. The first-order valence-electron chi connectivity index (χ1n) is 8.07. The van der Waals surface area contributed by atoms with Crippen LogP contribution in [0.1, 0.15) is 22.9 Å². The largest absolute Gasteiger partial charge is 0.460 e. The van der Waals surface area contributed by atoms with E-state index in [1.807, 2.05) is 0 Å². The Balaban J connectivity index is 1.94. The lowest BCUT2D eigenvalue weighted by Crippen LogP contribution is -2.22. The summed E-state index contributed by atoms with van der Waals surface area (Å²) in [5, 5.41) is 4.46. The summed E-state index contributed by atoms with van der Waals surface area (Å²) in [4.78, 5) is 19.8. The average molecular weight is 486 g/mol. The Morgan fingerprint density at radius 2 is 2.03 bits per heavy atom. The molecule has 1 unspecified atom stereocenters. The second-order valence-corrected chi connectivity index (χ2v) is 7.13. The molecule has 0 spiro atoms. The highest BCUT2D eigenvalue weighted by Crippen LogP contribution is 2.43. The van der Waals surface area contributed by atoms with Crippen molar-refractivity contribution >= 4 is 45.4 Å². The molecule has 11 heteroatoms. The van der Waals surface area contributed by atoms with E-state index >= 15 is 0 Å². The molecular weight excluding hydrogens is 477 g/mol. The van der Waals surface area contributed by atoms with E-state index in [2.05, 4.69) is 31.0 Å². The number of nitrogens with zero attached hydrogens (tertiary/aromatic N) is 4. The minimum atomic E-state index is -4.66. The number of alkyl halides is 3. The standard InChI is InChI=1S/C18H9BrClF3N4O2/c19-14-7-12(27(26-14)16-11(20)5-2-6-24-16)17-25-15-9(13(8-28)29-17)3-1-4-10(15)18(21,22)23/h1-8,13H. The number of fused-ring (bicyclic) bond motifs is 1. The maximum absolute atomic E-state index is 13.5. The normalized spacial score (nSPS) is 16.0. The first kappa shape index (κ1) is 19.6. The van der Waals surface area contributed by atoms with Gasteiger partial charge in [-0.1, -0.05) is 23.7 Å². The van der Waals surface area contributed by atoms with E-state index in [1.54, 1.807) is 12.1 Å². The molecular formula is C18H9BrClF3N4O2. The number of rotatable bonds is 3. The molecule has 0 saturated carbocycles. The number of ether oxygens (including phenoxy) is 1. The predicted molar refractivity (Wildman–Crippen MR) is 102 cm³/mol. The number of para-hydroxylation sites is 1. The maximum atomic E-state index is 13.5. The van der Waals surface area contributed by atoms with Gasteiger partial charge >= 0.3 is 6.18 Å². The third kappa shape index (κ3) is 3.53. The van der Waals surface area contributed by atoms with Crippen LogP contribution in [0.4, 0.5) is 18.9 Å². The number of pyridine rings is 1. The smallest absolute Gasteiger partial charge is 0.418 e. The van der Waals surface area contributed by atoms with Crippen LogP contribution in [-0.2, 0) is 15.7 Å². The lowest BCUT2D eigenvalue weighted by Gasteiger charge is -2.24. The Morgan fingerprint density at radius 3 is 2.72 bits per heavy atom. The first-order chi connectivity index (χ1) is 13.8. The molecule has 0 fully saturated rings. The van der Waals surface area contributed by atoms with E-state index in [0.29, 0.717) is 10.9 Å². The Labute approximate surface area is 175 Å². The van der Waals surface area contributed by atoms with Gasteiger partial charge in [0.2, 0.25) is 5.90 Å². The number of carbonyl (C=O) groups is 1. The molecule has 4 rings (SSSR count). The van der Waals surface area contributed by atoms with Gasteiger partial charge in [0.15, 0.2) is 18.2 Å². The van der Waals surface area contributed by atoms with Crippen LogP contribution in [0, 0.1) is 0 Å². The molecule has 0 aliphatic carbocycles. The molecule has 3 aromatic rings. The van der Waals surface area contributed by atoms with Gasteiger partial charge in [-0.2, -0.15) is 18.3 Å². The molecule has 1 aliphatic rings. The fourth-order valence-corrected chi connectivity index (χ4v) is 3.45. The van der Waals surface area contributed by atoms with Crippen molar-refractivity contribution in [3.8, 4) is 5.82 Å². The van der Waals surface area contributed by atoms with Crippen molar-refractivity contribution < 1.29 is 22.7 Å². The summed E-state index contributed by atoms with van der Waals surface area (Å²) in [5.41, 5.74) is -1.15. The van der Waals surface area contributed by atoms with Crippen molar-refractivity contribution in [1.82, 2.24) is 14.8 Å². The maximum Gasteiger partial charge on any atom is 0.418 e. The van der Waals surface area contributed by atoms with Gasteiger partial charge in [-0.3, -0.25) is 4.79 Å². The second kappa shape index (κ2) is 7.27. The van der Waals surface area contributed by atoms with E-state index in [4.69, 9.17) is 16.3 Å². The van der Waals surface area contributed by atoms with Crippen molar-refractivity contribution in [2.45, 2.75) is 12.3 Å². The average Bonchev–Trinajstić information content (AvgIpc) is 3.07. The van der Waals surface area contributed by atoms with E-state index in [0.717, 1.165) is 6.07 Å². The van der Waals surface area contributed by atoms with Crippen molar-refractivity contribution in [2.24, 2.45) is 4.99 Å². The zero-order valence-electron chi connectivity index (χ0n) is 14.2. The number of aromatic nitrogens is 3. The number of carbonyl (C=O) groups excluding carboxylic acids is 1. The van der Waals surface area contributed by atoms with Gasteiger partial charge in [0.05, 0.1) is 16.3 Å². The topological polar surface area (TPSA) is 69.4 Å². The molecule has 1 aromatic carbocycles. The Bertz CT molecular complexity index is 1150. The molecule has 148 valence electrons. The molecule has 0 amide bonds. The van der Waals surface area contributed by atoms with E-state index in [9.17, 15) is 18.0 Å². The summed E-state index contributed by atoms with van der Waals surface area (Å²) in [6, 6.07) is 8.15. The van der Waals surface area contributed by atoms with E-state index < -0.39 is 17.8 Å². The zero-order chi connectivity index (χ0) is 20.8. The van der Waals surface area contributed by atoms with Crippen LogP contribution in [0.25, 0.3) is 5.82 Å². The number of halogens is 5. The molecule has 0 bridgehead atoms. The molecule has 1 atom stereocenters. The van der Waals surface area contributed by atoms with Crippen LogP contribution in [-0.4, -0.2) is 26.9 Å². The SMILES string of the molecule is O=CC1OC(c2cc(Br)nn2-c2ncccc2Cl)=Nc2c1cccc2C(F)(F)F. The number of aliphatic imine (C=N–C) groups is 1. The van der Waals surface area contributed by atoms with Crippen LogP contribution in [0.15, 0.2) is 52.2 Å². The van der Waals surface area contributed by atoms with Gasteiger partial charge in [0.1, 0.15) is 10.3 Å². The molecule has 29 heavy (non-hydrogen) atoms. The summed E-state index contributed by atoms with van der Waals surface area (Å²) in [6.07, 6.45) is -4.02. The quantitative estimate of drug-likeness (QED) is 0.487. The summed E-state index contributed by atoms with van der Waals surface area (Å²) in [5.74, 6) is 0.00458. The lowest BCUT2D eigenvalue weighted by molar-refractivity contribution is -0.137. The summed E-state index contributed by atoms with van der Waals surface area (Å²) >= 11 is 9.40. The Kier molecular flexibility index (Phi) is 4.91. The number of benzene rings is 1. The second-order valence-electron chi connectivity index (χ2n) is 5.91. The van der Waals surface area contributed by atoms with Gasteiger partial charge in [-0.15, -0.1) is 0 Å². The van der Waals surface area contributed by atoms with Crippen molar-refractivity contribution in [3.63, 3.8) is 0 Å². The highest BCUT2D eigenvalue weighted by Gasteiger charge is 2.38. The summed E-state index contributed by atoms with van der Waals surface area (Å²) in [6.45, 7) is 0. The number of aldehydes is 1. The fraction of sp³-hybridized carbons (Fsp3) is 0.111. The van der Waals surface area contributed by atoms with Crippen molar-refractivity contribution in [3.05, 3.63) is 69.0 Å². The van der Waals surface area contributed by atoms with Crippen molar-refractivity contribution in [2.75, 3.05) is 0 Å². The molecule has 2 aromatic heterocycles. The number of hydrogen-bond donors (Lipinski definition) is 0. The van der Waals surface area contributed by atoms with Crippen LogP contribution in [0.5, 0.6) is 0 Å². The molecule has 0 N–H and O–H groups in total. The molecule has 0 radical (unpaired) electrons. The molecule has 6 nitrogen and oxygen atoms in total. The minimum absolute atomic E-state index is 0.0274. The molecule has 1 aliphatic heterocycles. The molecule has 3 heterocycles. The van der Waals surface area contributed by atoms with Crippen molar-refractivity contribution in [1.29, 1.82) is 0 Å². The third-order valence-electron chi connectivity index (χ3n) is 4.09. The highest BCUT2D eigenvalue weighted by molar-refractivity contribution is 9.10. The van der Waals surface area contributed by atoms with E-state index in [-0.39, 0.29) is 33.7 Å². The van der Waals surface area contributed by atoms with Crippen LogP contribution in [0.3, 0.4) is 0 Å². The fourth-order valence-electron chi connectivity index (χ4n) is 2.87. The summed E-state index contributed by atoms with van der Waals surface area (Å²) < 4.78 is 47.7. The third-order valence-corrected chi connectivity index (χ3v) is 4.78. The Hall–Kier alpha value is -2.72. The van der Waals surface area contributed by atoms with Gasteiger partial charge in [-0.25, -0.2) is 14.7 Å². The van der Waals surface area contributed by atoms with Gasteiger partial charge in [0, 0.05) is 17.8 Å². The lowest BCUT2D eigenvalue weighted by atomic mass is 10.0.